The molecule has 6 nitrogen and oxygen atoms in total. The van der Waals surface area contributed by atoms with Crippen molar-refractivity contribution in [2.24, 2.45) is 5.73 Å². The number of hydrogen-bond donors (Lipinski definition) is 4. The van der Waals surface area contributed by atoms with Crippen molar-refractivity contribution >= 4 is 17.6 Å². The summed E-state index contributed by atoms with van der Waals surface area (Å²) < 4.78 is 5.60. The van der Waals surface area contributed by atoms with E-state index in [0.29, 0.717) is 30.4 Å². The number of H-pyrrole nitrogens is 1. The maximum atomic E-state index is 9.98. The number of rotatable bonds is 2. The molecule has 120 valence electrons. The van der Waals surface area contributed by atoms with E-state index in [1.165, 1.54) is 5.56 Å². The normalized spacial score (nSPS) is 21.2. The third kappa shape index (κ3) is 2.27. The molecule has 2 aromatic rings. The Balaban J connectivity index is 1.80. The van der Waals surface area contributed by atoms with Crippen molar-refractivity contribution in [3.05, 3.63) is 46.6 Å². The monoisotopic (exact) mass is 312 g/mol. The fourth-order valence-electron chi connectivity index (χ4n) is 3.51. The minimum absolute atomic E-state index is 0.162. The number of fused-ring (bicyclic) bond motifs is 3. The molecule has 23 heavy (non-hydrogen) atoms. The molecule has 1 fully saturated rings. The van der Waals surface area contributed by atoms with Crippen LogP contribution in [0.2, 0.25) is 0 Å². The minimum Gasteiger partial charge on any atom is -0.507 e. The summed E-state index contributed by atoms with van der Waals surface area (Å²) >= 11 is 0. The second-order valence-corrected chi connectivity index (χ2v) is 6.04. The first-order valence-corrected chi connectivity index (χ1v) is 7.72. The number of phenols is 1. The third-order valence-corrected chi connectivity index (χ3v) is 4.66. The van der Waals surface area contributed by atoms with Crippen molar-refractivity contribution in [3.8, 4) is 5.75 Å². The van der Waals surface area contributed by atoms with Crippen molar-refractivity contribution in [1.82, 2.24) is 9.88 Å². The number of nitrogens with zero attached hydrogens (tertiary/aromatic N) is 1. The maximum absolute atomic E-state index is 9.98. The lowest BCUT2D eigenvalue weighted by atomic mass is 9.95. The third-order valence-electron chi connectivity index (χ3n) is 4.66. The molecule has 1 atom stereocenters. The quantitative estimate of drug-likeness (QED) is 0.675. The van der Waals surface area contributed by atoms with Crippen LogP contribution in [0, 0.1) is 0 Å². The first-order valence-electron chi connectivity index (χ1n) is 7.72. The van der Waals surface area contributed by atoms with Crippen LogP contribution >= 0.6 is 0 Å². The van der Waals surface area contributed by atoms with Crippen molar-refractivity contribution < 1.29 is 9.84 Å². The number of aromatic nitrogens is 1. The summed E-state index contributed by atoms with van der Waals surface area (Å²) in [5.41, 5.74) is 16.7. The molecule has 6 N–H and O–H groups in total. The van der Waals surface area contributed by atoms with E-state index in [1.54, 1.807) is 18.2 Å². The summed E-state index contributed by atoms with van der Waals surface area (Å²) in [6, 6.07) is 7.25. The van der Waals surface area contributed by atoms with E-state index < -0.39 is 0 Å². The van der Waals surface area contributed by atoms with Gasteiger partial charge in [0.05, 0.1) is 19.4 Å². The number of nitrogens with one attached hydrogen (secondary N) is 1. The van der Waals surface area contributed by atoms with Gasteiger partial charge in [0.2, 0.25) is 0 Å². The number of ether oxygens (including phenoxy) is 1. The molecular formula is C17H20N4O2. The summed E-state index contributed by atoms with van der Waals surface area (Å²) in [6.07, 6.45) is 2.77. The molecule has 1 aromatic carbocycles. The summed E-state index contributed by atoms with van der Waals surface area (Å²) in [5.74, 6) is 0.775. The molecule has 0 saturated carbocycles. The molecule has 0 radical (unpaired) electrons. The molecule has 2 aliphatic rings. The van der Waals surface area contributed by atoms with Crippen molar-refractivity contribution in [2.45, 2.75) is 12.5 Å². The Morgan fingerprint density at radius 1 is 1.39 bits per heavy atom. The smallest absolute Gasteiger partial charge is 0.124 e. The molecule has 0 spiro atoms. The largest absolute Gasteiger partial charge is 0.507 e. The zero-order valence-electron chi connectivity index (χ0n) is 12.7. The molecule has 0 amide bonds. The molecule has 3 heterocycles. The summed E-state index contributed by atoms with van der Waals surface area (Å²) in [6.45, 7) is 2.30. The van der Waals surface area contributed by atoms with Crippen molar-refractivity contribution in [1.29, 1.82) is 0 Å². The van der Waals surface area contributed by atoms with Crippen LogP contribution in [-0.2, 0) is 11.2 Å². The first kappa shape index (κ1) is 14.2. The van der Waals surface area contributed by atoms with E-state index in [2.05, 4.69) is 9.88 Å². The number of benzene rings is 1. The summed E-state index contributed by atoms with van der Waals surface area (Å²) in [5, 5.41) is 9.98. The standard InChI is InChI=1S/C17H20N4O2/c18-12(10-3-1-2-4-15(10)22)7-11-16-13(20-17(11)19)5-6-21-9-23-8-14(16)21/h1-4,7,14,20,22H,5-6,8-9,18-19H2/b12-7-. The number of anilines is 1. The van der Waals surface area contributed by atoms with Gasteiger partial charge in [0.1, 0.15) is 11.6 Å². The van der Waals surface area contributed by atoms with E-state index in [9.17, 15) is 5.11 Å². The zero-order valence-corrected chi connectivity index (χ0v) is 12.7. The van der Waals surface area contributed by atoms with Gasteiger partial charge in [0.25, 0.3) is 0 Å². The average Bonchev–Trinajstić information content (AvgIpc) is 3.12. The Kier molecular flexibility index (Phi) is 3.28. The van der Waals surface area contributed by atoms with Gasteiger partial charge in [-0.2, -0.15) is 0 Å². The summed E-state index contributed by atoms with van der Waals surface area (Å²) in [4.78, 5) is 5.59. The lowest BCUT2D eigenvalue weighted by molar-refractivity contribution is 0.137. The van der Waals surface area contributed by atoms with Gasteiger partial charge in [-0.15, -0.1) is 0 Å². The Morgan fingerprint density at radius 2 is 2.22 bits per heavy atom. The van der Waals surface area contributed by atoms with Gasteiger partial charge in [-0.05, 0) is 18.2 Å². The van der Waals surface area contributed by atoms with E-state index in [1.807, 2.05) is 12.1 Å². The van der Waals surface area contributed by atoms with Gasteiger partial charge in [-0.25, -0.2) is 0 Å². The van der Waals surface area contributed by atoms with Crippen molar-refractivity contribution in [2.75, 3.05) is 25.6 Å². The Bertz CT molecular complexity index is 781. The van der Waals surface area contributed by atoms with Gasteiger partial charge < -0.3 is 26.3 Å². The molecule has 1 unspecified atom stereocenters. The number of nitrogens with two attached hydrogens (primary N) is 2. The van der Waals surface area contributed by atoms with Crippen molar-refractivity contribution in [3.63, 3.8) is 0 Å². The second-order valence-electron chi connectivity index (χ2n) is 6.04. The second kappa shape index (κ2) is 5.33. The SMILES string of the molecule is N/C(=C\c1c(N)[nH]c2c1C1COCN1CC2)c1ccccc1O. The lowest BCUT2D eigenvalue weighted by Crippen LogP contribution is -2.31. The number of phenolic OH excluding ortho intramolecular Hbond substituents is 1. The Hall–Kier alpha value is -2.44. The summed E-state index contributed by atoms with van der Waals surface area (Å²) in [7, 11) is 0. The van der Waals surface area contributed by atoms with Crippen LogP contribution in [0.4, 0.5) is 5.82 Å². The number of aromatic hydroxyl groups is 1. The maximum Gasteiger partial charge on any atom is 0.124 e. The molecule has 1 saturated heterocycles. The van der Waals surface area contributed by atoms with E-state index in [-0.39, 0.29) is 11.8 Å². The first-order chi connectivity index (χ1) is 11.1. The molecular weight excluding hydrogens is 292 g/mol. The number of nitrogen functional groups attached to an aromatic ring is 1. The molecule has 1 aromatic heterocycles. The molecule has 2 aliphatic heterocycles. The van der Waals surface area contributed by atoms with Crippen LogP contribution in [0.5, 0.6) is 5.75 Å². The highest BCUT2D eigenvalue weighted by Gasteiger charge is 2.35. The van der Waals surface area contributed by atoms with Crippen LogP contribution in [-0.4, -0.2) is 34.9 Å². The van der Waals surface area contributed by atoms with Crippen LogP contribution in [0.3, 0.4) is 0 Å². The molecule has 4 rings (SSSR count). The molecule has 6 heteroatoms. The number of para-hydroxylation sites is 1. The lowest BCUT2D eigenvalue weighted by Gasteiger charge is -2.28. The van der Waals surface area contributed by atoms with Crippen LogP contribution in [0.1, 0.15) is 28.4 Å². The zero-order chi connectivity index (χ0) is 16.0. The predicted molar refractivity (Wildman–Crippen MR) is 89.3 cm³/mol. The Labute approximate surface area is 134 Å². The van der Waals surface area contributed by atoms with Gasteiger partial charge >= 0.3 is 0 Å². The fraction of sp³-hybridized carbons (Fsp3) is 0.294. The molecule has 0 bridgehead atoms. The van der Waals surface area contributed by atoms with Crippen LogP contribution in [0.25, 0.3) is 11.8 Å². The van der Waals surface area contributed by atoms with E-state index in [0.717, 1.165) is 24.2 Å². The fourth-order valence-corrected chi connectivity index (χ4v) is 3.51. The minimum atomic E-state index is 0.162. The van der Waals surface area contributed by atoms with Crippen LogP contribution < -0.4 is 11.5 Å². The average molecular weight is 312 g/mol. The van der Waals surface area contributed by atoms with Gasteiger partial charge in [0, 0.05) is 41.0 Å². The van der Waals surface area contributed by atoms with Gasteiger partial charge in [0.15, 0.2) is 0 Å². The van der Waals surface area contributed by atoms with E-state index >= 15 is 0 Å². The highest BCUT2D eigenvalue weighted by Crippen LogP contribution is 2.39. The molecule has 0 aliphatic carbocycles. The Morgan fingerprint density at radius 3 is 3.04 bits per heavy atom. The number of hydrogen-bond acceptors (Lipinski definition) is 5. The highest BCUT2D eigenvalue weighted by molar-refractivity contribution is 5.86. The van der Waals surface area contributed by atoms with Crippen LogP contribution in [0.15, 0.2) is 24.3 Å². The predicted octanol–water partition coefficient (Wildman–Crippen LogP) is 1.65. The topological polar surface area (TPSA) is 101 Å². The van der Waals surface area contributed by atoms with Gasteiger partial charge in [-0.3, -0.25) is 4.90 Å². The van der Waals surface area contributed by atoms with E-state index in [4.69, 9.17) is 16.2 Å². The van der Waals surface area contributed by atoms with Gasteiger partial charge in [-0.1, -0.05) is 12.1 Å². The highest BCUT2D eigenvalue weighted by atomic mass is 16.5. The number of aromatic amines is 1.